The first-order valence-electron chi connectivity index (χ1n) is 7.66. The molecule has 0 bridgehead atoms. The van der Waals surface area contributed by atoms with Gasteiger partial charge in [0.2, 0.25) is 0 Å². The number of rotatable bonds is 8. The van der Waals surface area contributed by atoms with Crippen LogP contribution < -0.4 is 0 Å². The van der Waals surface area contributed by atoms with Gasteiger partial charge in [-0.25, -0.2) is 0 Å². The molecule has 0 aliphatic heterocycles. The number of unbranched alkanes of at least 4 members (excludes halogenated alkanes) is 2. The zero-order valence-electron chi connectivity index (χ0n) is 12.5. The standard InChI is InChI=1S/C20H23Cl/c1-17(20-10-6-3-7-11-20)8-4-2-5-9-18-12-14-19(16-21)15-13-18/h3,6-7,10-15H,1-2,4-5,8-9,16H2. The molecule has 0 unspecified atom stereocenters. The lowest BCUT2D eigenvalue weighted by molar-refractivity contribution is 0.692. The van der Waals surface area contributed by atoms with Crippen molar-refractivity contribution in [2.75, 3.05) is 0 Å². The maximum Gasteiger partial charge on any atom is 0.0474 e. The average Bonchev–Trinajstić information content (AvgIpc) is 2.55. The fraction of sp³-hybridized carbons (Fsp3) is 0.300. The maximum absolute atomic E-state index is 5.80. The van der Waals surface area contributed by atoms with Crippen LogP contribution in [0.3, 0.4) is 0 Å². The highest BCUT2D eigenvalue weighted by Crippen LogP contribution is 2.19. The van der Waals surface area contributed by atoms with Crippen molar-refractivity contribution in [2.45, 2.75) is 38.0 Å². The summed E-state index contributed by atoms with van der Waals surface area (Å²) in [4.78, 5) is 0. The summed E-state index contributed by atoms with van der Waals surface area (Å²) in [6.45, 7) is 4.19. The van der Waals surface area contributed by atoms with Gasteiger partial charge in [-0.15, -0.1) is 11.6 Å². The molecule has 0 aliphatic rings. The first-order chi connectivity index (χ1) is 10.3. The lowest BCUT2D eigenvalue weighted by atomic mass is 10.00. The van der Waals surface area contributed by atoms with E-state index in [2.05, 4.69) is 55.1 Å². The molecular weight excluding hydrogens is 276 g/mol. The molecular formula is C20H23Cl. The zero-order chi connectivity index (χ0) is 14.9. The molecule has 0 heterocycles. The molecule has 0 radical (unpaired) electrons. The summed E-state index contributed by atoms with van der Waals surface area (Å²) in [5, 5.41) is 0. The molecule has 2 aromatic rings. The fourth-order valence-electron chi connectivity index (χ4n) is 2.46. The smallest absolute Gasteiger partial charge is 0.0474 e. The zero-order valence-corrected chi connectivity index (χ0v) is 13.3. The van der Waals surface area contributed by atoms with E-state index in [0.29, 0.717) is 5.88 Å². The van der Waals surface area contributed by atoms with Gasteiger partial charge in [-0.3, -0.25) is 0 Å². The highest BCUT2D eigenvalue weighted by molar-refractivity contribution is 6.17. The molecule has 2 aromatic carbocycles. The highest BCUT2D eigenvalue weighted by Gasteiger charge is 1.99. The van der Waals surface area contributed by atoms with Gasteiger partial charge in [-0.1, -0.05) is 67.6 Å². The van der Waals surface area contributed by atoms with E-state index in [0.717, 1.165) is 12.8 Å². The van der Waals surface area contributed by atoms with E-state index in [1.807, 2.05) is 6.07 Å². The minimum absolute atomic E-state index is 0.599. The molecule has 0 nitrogen and oxygen atoms in total. The van der Waals surface area contributed by atoms with Crippen LogP contribution in [-0.4, -0.2) is 0 Å². The molecule has 2 rings (SSSR count). The van der Waals surface area contributed by atoms with Crippen molar-refractivity contribution in [2.24, 2.45) is 0 Å². The number of alkyl halides is 1. The SMILES string of the molecule is C=C(CCCCCc1ccc(CCl)cc1)c1ccccc1. The summed E-state index contributed by atoms with van der Waals surface area (Å²) in [6, 6.07) is 19.1. The van der Waals surface area contributed by atoms with Crippen LogP contribution in [0.2, 0.25) is 0 Å². The normalized spacial score (nSPS) is 10.5. The molecule has 0 N–H and O–H groups in total. The lowest BCUT2D eigenvalue weighted by Crippen LogP contribution is -1.88. The van der Waals surface area contributed by atoms with E-state index < -0.39 is 0 Å². The molecule has 0 fully saturated rings. The van der Waals surface area contributed by atoms with E-state index >= 15 is 0 Å². The van der Waals surface area contributed by atoms with E-state index in [-0.39, 0.29) is 0 Å². The van der Waals surface area contributed by atoms with E-state index in [4.69, 9.17) is 11.6 Å². The van der Waals surface area contributed by atoms with E-state index in [1.54, 1.807) is 0 Å². The van der Waals surface area contributed by atoms with Crippen molar-refractivity contribution < 1.29 is 0 Å². The highest BCUT2D eigenvalue weighted by atomic mass is 35.5. The van der Waals surface area contributed by atoms with Gasteiger partial charge in [0.1, 0.15) is 0 Å². The summed E-state index contributed by atoms with van der Waals surface area (Å²) in [6.07, 6.45) is 5.95. The van der Waals surface area contributed by atoms with Crippen LogP contribution in [0.25, 0.3) is 5.57 Å². The van der Waals surface area contributed by atoms with Crippen LogP contribution in [0, 0.1) is 0 Å². The first kappa shape index (κ1) is 15.9. The molecule has 0 saturated carbocycles. The molecule has 21 heavy (non-hydrogen) atoms. The fourth-order valence-corrected chi connectivity index (χ4v) is 2.64. The van der Waals surface area contributed by atoms with Gasteiger partial charge in [0.05, 0.1) is 0 Å². The van der Waals surface area contributed by atoms with Crippen molar-refractivity contribution in [1.82, 2.24) is 0 Å². The van der Waals surface area contributed by atoms with Gasteiger partial charge in [-0.05, 0) is 47.9 Å². The minimum Gasteiger partial charge on any atom is -0.122 e. The van der Waals surface area contributed by atoms with Crippen LogP contribution in [-0.2, 0) is 12.3 Å². The molecule has 0 aromatic heterocycles. The van der Waals surface area contributed by atoms with Crippen molar-refractivity contribution >= 4 is 17.2 Å². The Morgan fingerprint density at radius 3 is 2.14 bits per heavy atom. The van der Waals surface area contributed by atoms with Crippen molar-refractivity contribution in [3.05, 3.63) is 77.9 Å². The Morgan fingerprint density at radius 2 is 1.48 bits per heavy atom. The molecule has 0 saturated heterocycles. The van der Waals surface area contributed by atoms with Crippen molar-refractivity contribution in [3.8, 4) is 0 Å². The predicted octanol–water partition coefficient (Wildman–Crippen LogP) is 6.24. The minimum atomic E-state index is 0.599. The van der Waals surface area contributed by atoms with E-state index in [1.165, 1.54) is 41.5 Å². The van der Waals surface area contributed by atoms with Gasteiger partial charge in [-0.2, -0.15) is 0 Å². The van der Waals surface area contributed by atoms with Crippen LogP contribution in [0.4, 0.5) is 0 Å². The lowest BCUT2D eigenvalue weighted by Gasteiger charge is -2.06. The summed E-state index contributed by atoms with van der Waals surface area (Å²) in [5.74, 6) is 0.599. The third-order valence-corrected chi connectivity index (χ3v) is 4.11. The average molecular weight is 299 g/mol. The number of hydrogen-bond acceptors (Lipinski definition) is 0. The number of allylic oxidation sites excluding steroid dienone is 1. The Balaban J connectivity index is 1.64. The number of benzene rings is 2. The Morgan fingerprint density at radius 1 is 0.810 bits per heavy atom. The molecule has 1 heteroatoms. The van der Waals surface area contributed by atoms with Crippen LogP contribution >= 0.6 is 11.6 Å². The third-order valence-electron chi connectivity index (χ3n) is 3.80. The van der Waals surface area contributed by atoms with Crippen LogP contribution in [0.5, 0.6) is 0 Å². The Hall–Kier alpha value is -1.53. The van der Waals surface area contributed by atoms with Gasteiger partial charge in [0.25, 0.3) is 0 Å². The number of halogens is 1. The van der Waals surface area contributed by atoms with Gasteiger partial charge in [0, 0.05) is 5.88 Å². The van der Waals surface area contributed by atoms with Gasteiger partial charge in [0.15, 0.2) is 0 Å². The maximum atomic E-state index is 5.80. The van der Waals surface area contributed by atoms with Gasteiger partial charge < -0.3 is 0 Å². The summed E-state index contributed by atoms with van der Waals surface area (Å²) < 4.78 is 0. The second-order valence-electron chi connectivity index (χ2n) is 5.48. The Bertz CT molecular complexity index is 540. The topological polar surface area (TPSA) is 0 Å². The first-order valence-corrected chi connectivity index (χ1v) is 8.20. The molecule has 0 amide bonds. The second-order valence-corrected chi connectivity index (χ2v) is 5.75. The van der Waals surface area contributed by atoms with Crippen LogP contribution in [0.15, 0.2) is 61.2 Å². The molecule has 110 valence electrons. The van der Waals surface area contributed by atoms with E-state index in [9.17, 15) is 0 Å². The Labute approximate surface area is 133 Å². The third kappa shape index (κ3) is 5.40. The molecule has 0 aliphatic carbocycles. The number of hydrogen-bond donors (Lipinski definition) is 0. The molecule has 0 atom stereocenters. The second kappa shape index (κ2) is 8.69. The Kier molecular flexibility index (Phi) is 6.56. The summed E-state index contributed by atoms with van der Waals surface area (Å²) in [7, 11) is 0. The van der Waals surface area contributed by atoms with Crippen molar-refractivity contribution in [3.63, 3.8) is 0 Å². The predicted molar refractivity (Wildman–Crippen MR) is 93.6 cm³/mol. The van der Waals surface area contributed by atoms with Crippen LogP contribution in [0.1, 0.15) is 42.4 Å². The van der Waals surface area contributed by atoms with Gasteiger partial charge >= 0.3 is 0 Å². The largest absolute Gasteiger partial charge is 0.122 e. The quantitative estimate of drug-likeness (QED) is 0.399. The summed E-state index contributed by atoms with van der Waals surface area (Å²) >= 11 is 5.80. The van der Waals surface area contributed by atoms with Crippen molar-refractivity contribution in [1.29, 1.82) is 0 Å². The summed E-state index contributed by atoms with van der Waals surface area (Å²) in [5.41, 5.74) is 5.13. The number of aryl methyl sites for hydroxylation is 1. The monoisotopic (exact) mass is 298 g/mol. The molecule has 0 spiro atoms.